The first-order valence-electron chi connectivity index (χ1n) is 15.4. The molecule has 3 aliphatic rings. The van der Waals surface area contributed by atoms with Crippen LogP contribution in [-0.2, 0) is 11.2 Å². The van der Waals surface area contributed by atoms with Crippen molar-refractivity contribution in [1.29, 1.82) is 0 Å². The highest BCUT2D eigenvalue weighted by atomic mass is 35.5. The quantitative estimate of drug-likeness (QED) is 0.291. The van der Waals surface area contributed by atoms with Crippen LogP contribution in [-0.4, -0.2) is 43.0 Å². The number of carbonyl (C=O) groups is 2. The maximum absolute atomic E-state index is 13.4. The van der Waals surface area contributed by atoms with Crippen LogP contribution in [0.1, 0.15) is 86.7 Å². The number of benzene rings is 2. The van der Waals surface area contributed by atoms with E-state index >= 15 is 0 Å². The number of halogens is 1. The zero-order valence-electron chi connectivity index (χ0n) is 24.7. The Morgan fingerprint density at radius 3 is 2.68 bits per heavy atom. The Balaban J connectivity index is 1.52. The number of anilines is 1. The lowest BCUT2D eigenvalue weighted by molar-refractivity contribution is -0.115. The minimum atomic E-state index is -0.507. The van der Waals surface area contributed by atoms with Crippen molar-refractivity contribution in [2.75, 3.05) is 24.6 Å². The molecule has 0 aromatic heterocycles. The van der Waals surface area contributed by atoms with E-state index in [-0.39, 0.29) is 23.0 Å². The zero-order chi connectivity index (χ0) is 29.1. The third-order valence-corrected chi connectivity index (χ3v) is 11.9. The highest BCUT2D eigenvalue weighted by Crippen LogP contribution is 2.45. The highest BCUT2D eigenvalue weighted by Gasteiger charge is 2.39. The highest BCUT2D eigenvalue weighted by molar-refractivity contribution is 8.13. The van der Waals surface area contributed by atoms with Gasteiger partial charge in [0.2, 0.25) is 0 Å². The first kappa shape index (κ1) is 30.2. The maximum Gasteiger partial charge on any atom is 0.260 e. The number of ether oxygens (including phenoxy) is 1. The van der Waals surface area contributed by atoms with E-state index in [4.69, 9.17) is 16.3 Å². The molecule has 2 aromatic rings. The van der Waals surface area contributed by atoms with Crippen molar-refractivity contribution in [3.63, 3.8) is 0 Å². The van der Waals surface area contributed by atoms with Crippen LogP contribution in [0.15, 0.2) is 36.4 Å². The van der Waals surface area contributed by atoms with Crippen LogP contribution >= 0.6 is 22.3 Å². The minimum Gasteiger partial charge on any atom is -0.491 e. The van der Waals surface area contributed by atoms with Crippen molar-refractivity contribution in [1.82, 2.24) is 4.72 Å². The molecule has 5 rings (SSSR count). The largest absolute Gasteiger partial charge is 0.491 e. The van der Waals surface area contributed by atoms with Gasteiger partial charge in [-0.25, -0.2) is 0 Å². The van der Waals surface area contributed by atoms with Gasteiger partial charge in [0.15, 0.2) is 0 Å². The van der Waals surface area contributed by atoms with E-state index in [1.165, 1.54) is 17.4 Å². The summed E-state index contributed by atoms with van der Waals surface area (Å²) < 4.78 is 9.68. The molecule has 2 aromatic carbocycles. The second-order valence-corrected chi connectivity index (χ2v) is 14.7. The summed E-state index contributed by atoms with van der Waals surface area (Å²) in [5.41, 5.74) is 4.17. The molecule has 2 bridgehead atoms. The molecular formula is C34H45ClN2O3S. The van der Waals surface area contributed by atoms with Gasteiger partial charge in [-0.2, -0.15) is 0 Å². The molecule has 0 spiro atoms. The van der Waals surface area contributed by atoms with Crippen molar-refractivity contribution in [2.45, 2.75) is 76.9 Å². The summed E-state index contributed by atoms with van der Waals surface area (Å²) in [5, 5.41) is 1.03. The van der Waals surface area contributed by atoms with E-state index in [9.17, 15) is 9.59 Å². The normalized spacial score (nSPS) is 30.7. The number of carbonyl (C=O) groups excluding carboxylic acids is 2. The molecule has 5 nitrogen and oxygen atoms in total. The van der Waals surface area contributed by atoms with Gasteiger partial charge in [-0.15, -0.1) is 0 Å². The summed E-state index contributed by atoms with van der Waals surface area (Å²) in [6.45, 7) is 8.83. The van der Waals surface area contributed by atoms with E-state index in [2.05, 4.69) is 48.4 Å². The van der Waals surface area contributed by atoms with Crippen molar-refractivity contribution in [3.05, 3.63) is 58.1 Å². The monoisotopic (exact) mass is 596 g/mol. The minimum absolute atomic E-state index is 0.0801. The van der Waals surface area contributed by atoms with Crippen molar-refractivity contribution >= 4 is 46.0 Å². The zero-order valence-corrected chi connectivity index (χ0v) is 26.3. The SMILES string of the molecule is C=S1NC(=O)c2ccc3c(c2)N(CC(c2ccc(Cl)cc2CCC)CO3)CC2CCC2C(C=O)CCCC(C)C1C. The third-order valence-electron chi connectivity index (χ3n) is 9.83. The molecule has 0 radical (unpaired) electrons. The predicted octanol–water partition coefficient (Wildman–Crippen LogP) is 7.67. The van der Waals surface area contributed by atoms with Gasteiger partial charge in [0.05, 0.1) is 12.3 Å². The molecule has 7 atom stereocenters. The van der Waals surface area contributed by atoms with Gasteiger partial charge < -0.3 is 19.2 Å². The molecular weight excluding hydrogens is 552 g/mol. The average molecular weight is 597 g/mol. The smallest absolute Gasteiger partial charge is 0.260 e. The van der Waals surface area contributed by atoms with Gasteiger partial charge in [0, 0.05) is 40.8 Å². The molecule has 7 unspecified atom stereocenters. The van der Waals surface area contributed by atoms with Crippen LogP contribution in [0.2, 0.25) is 5.02 Å². The van der Waals surface area contributed by atoms with E-state index in [0.29, 0.717) is 29.9 Å². The Morgan fingerprint density at radius 2 is 1.95 bits per heavy atom. The standard InChI is InChI=1S/C34H45ClN2O3S/c1-5-7-24-16-29(35)12-14-30(24)28-19-37-18-26-10-13-31(26)27(20-38)9-6-8-22(2)23(3)41(4)36-34(39)25-11-15-33(40-21-28)32(37)17-25/h11-12,14-17,20,22-23,26-28,31H,4-10,13,18-19,21H2,1-3H3,(H,36,39). The molecule has 41 heavy (non-hydrogen) atoms. The summed E-state index contributed by atoms with van der Waals surface area (Å²) >= 11 is 6.41. The van der Waals surface area contributed by atoms with E-state index in [0.717, 1.165) is 74.5 Å². The number of amides is 1. The molecule has 1 fully saturated rings. The van der Waals surface area contributed by atoms with Gasteiger partial charge in [-0.1, -0.05) is 67.8 Å². The lowest BCUT2D eigenvalue weighted by Gasteiger charge is -2.43. The van der Waals surface area contributed by atoms with Gasteiger partial charge in [0.25, 0.3) is 5.91 Å². The first-order valence-corrected chi connectivity index (χ1v) is 17.2. The maximum atomic E-state index is 13.4. The molecule has 2 aliphatic heterocycles. The van der Waals surface area contributed by atoms with Crippen LogP contribution in [0.25, 0.3) is 0 Å². The lowest BCUT2D eigenvalue weighted by atomic mass is 9.66. The molecule has 222 valence electrons. The predicted molar refractivity (Wildman–Crippen MR) is 173 cm³/mol. The van der Waals surface area contributed by atoms with Crippen molar-refractivity contribution in [2.24, 2.45) is 23.7 Å². The number of aldehydes is 1. The van der Waals surface area contributed by atoms with Gasteiger partial charge >= 0.3 is 0 Å². The van der Waals surface area contributed by atoms with E-state index in [1.54, 1.807) is 0 Å². The van der Waals surface area contributed by atoms with Gasteiger partial charge in [0.1, 0.15) is 12.0 Å². The Labute approximate surface area is 253 Å². The van der Waals surface area contributed by atoms with Crippen LogP contribution in [0.5, 0.6) is 5.75 Å². The number of nitrogens with one attached hydrogen (secondary N) is 1. The van der Waals surface area contributed by atoms with Crippen molar-refractivity contribution in [3.8, 4) is 5.75 Å². The van der Waals surface area contributed by atoms with Gasteiger partial charge in [-0.3, -0.25) is 4.79 Å². The Hall–Kier alpha value is -2.31. The third kappa shape index (κ3) is 6.69. The van der Waals surface area contributed by atoms with E-state index < -0.39 is 10.7 Å². The molecule has 2 heterocycles. The van der Waals surface area contributed by atoms with E-state index in [1.807, 2.05) is 24.3 Å². The molecule has 1 N–H and O–H groups in total. The van der Waals surface area contributed by atoms with Crippen LogP contribution in [0, 0.1) is 23.7 Å². The summed E-state index contributed by atoms with van der Waals surface area (Å²) in [7, 11) is -0.507. The Bertz CT molecular complexity index is 1280. The number of hydrogen-bond donors (Lipinski definition) is 1. The molecule has 1 amide bonds. The number of hydrogen-bond acceptors (Lipinski definition) is 4. The fourth-order valence-corrected chi connectivity index (χ4v) is 8.40. The second-order valence-electron chi connectivity index (χ2n) is 12.5. The number of aryl methyl sites for hydroxylation is 1. The fraction of sp³-hybridized carbons (Fsp3) is 0.559. The van der Waals surface area contributed by atoms with Crippen LogP contribution in [0.4, 0.5) is 5.69 Å². The topological polar surface area (TPSA) is 58.6 Å². The summed E-state index contributed by atoms with van der Waals surface area (Å²) in [4.78, 5) is 28.2. The van der Waals surface area contributed by atoms with Gasteiger partial charge in [-0.05, 0) is 91.3 Å². The Morgan fingerprint density at radius 1 is 1.12 bits per heavy atom. The first-order chi connectivity index (χ1) is 19.8. The van der Waals surface area contributed by atoms with Crippen molar-refractivity contribution < 1.29 is 14.3 Å². The number of fused-ring (bicyclic) bond motifs is 2. The molecule has 1 aliphatic carbocycles. The number of rotatable bonds is 4. The Kier molecular flexibility index (Phi) is 9.81. The molecule has 7 heteroatoms. The fourth-order valence-electron chi connectivity index (χ4n) is 6.97. The second kappa shape index (κ2) is 13.3. The number of nitrogens with zero attached hydrogens (tertiary/aromatic N) is 1. The lowest BCUT2D eigenvalue weighted by Crippen LogP contribution is -2.43. The van der Waals surface area contributed by atoms with Crippen LogP contribution < -0.4 is 14.4 Å². The molecule has 0 saturated heterocycles. The molecule has 1 saturated carbocycles. The summed E-state index contributed by atoms with van der Waals surface area (Å²) in [5.74, 6) is 6.62. The van der Waals surface area contributed by atoms with Crippen LogP contribution in [0.3, 0.4) is 0 Å². The summed E-state index contributed by atoms with van der Waals surface area (Å²) in [6.07, 6.45) is 8.51. The average Bonchev–Trinajstić information content (AvgIpc) is 3.13. The summed E-state index contributed by atoms with van der Waals surface area (Å²) in [6, 6.07) is 12.1.